The summed E-state index contributed by atoms with van der Waals surface area (Å²) in [7, 11) is 4.25. The SMILES string of the molecule is CN(Cc1ccc2c(c1)ncn2C)CC1CCNC1. The Morgan fingerprint density at radius 3 is 3.16 bits per heavy atom. The standard InChI is InChI=1S/C15H22N4/c1-18(10-13-5-6-16-8-13)9-12-3-4-15-14(7-12)17-11-19(15)2/h3-4,7,11,13,16H,5-6,8-10H2,1-2H3. The molecule has 0 spiro atoms. The Balaban J connectivity index is 1.66. The van der Waals surface area contributed by atoms with Crippen molar-refractivity contribution in [2.45, 2.75) is 13.0 Å². The largest absolute Gasteiger partial charge is 0.334 e. The van der Waals surface area contributed by atoms with Gasteiger partial charge in [0.25, 0.3) is 0 Å². The summed E-state index contributed by atoms with van der Waals surface area (Å²) in [6, 6.07) is 6.59. The average molecular weight is 258 g/mol. The summed E-state index contributed by atoms with van der Waals surface area (Å²) in [6.45, 7) is 4.53. The molecule has 2 heterocycles. The maximum Gasteiger partial charge on any atom is 0.0955 e. The van der Waals surface area contributed by atoms with Crippen molar-refractivity contribution in [3.05, 3.63) is 30.1 Å². The van der Waals surface area contributed by atoms with Crippen LogP contribution in [-0.4, -0.2) is 41.1 Å². The third kappa shape index (κ3) is 2.80. The zero-order valence-electron chi connectivity index (χ0n) is 11.8. The molecule has 102 valence electrons. The molecule has 0 bridgehead atoms. The highest BCUT2D eigenvalue weighted by molar-refractivity contribution is 5.75. The van der Waals surface area contributed by atoms with Crippen molar-refractivity contribution in [2.24, 2.45) is 13.0 Å². The molecule has 1 saturated heterocycles. The first kappa shape index (κ1) is 12.6. The predicted molar refractivity (Wildman–Crippen MR) is 78.0 cm³/mol. The summed E-state index contributed by atoms with van der Waals surface area (Å²) < 4.78 is 2.06. The normalized spacial score (nSPS) is 19.6. The molecule has 1 aromatic heterocycles. The van der Waals surface area contributed by atoms with Crippen molar-refractivity contribution < 1.29 is 0 Å². The summed E-state index contributed by atoms with van der Waals surface area (Å²) in [5.41, 5.74) is 3.64. The molecule has 1 aromatic carbocycles. The smallest absolute Gasteiger partial charge is 0.0955 e. The molecule has 0 aliphatic carbocycles. The van der Waals surface area contributed by atoms with Crippen LogP contribution in [-0.2, 0) is 13.6 Å². The molecule has 4 heteroatoms. The Hall–Kier alpha value is -1.39. The Labute approximate surface area is 114 Å². The lowest BCUT2D eigenvalue weighted by molar-refractivity contribution is 0.278. The van der Waals surface area contributed by atoms with Crippen LogP contribution in [0.15, 0.2) is 24.5 Å². The van der Waals surface area contributed by atoms with Crippen LogP contribution >= 0.6 is 0 Å². The Morgan fingerprint density at radius 1 is 1.47 bits per heavy atom. The number of aromatic nitrogens is 2. The lowest BCUT2D eigenvalue weighted by Gasteiger charge is -2.20. The fourth-order valence-electron chi connectivity index (χ4n) is 2.97. The van der Waals surface area contributed by atoms with E-state index in [-0.39, 0.29) is 0 Å². The minimum atomic E-state index is 0.809. The summed E-state index contributed by atoms with van der Waals surface area (Å²) in [5.74, 6) is 0.809. The van der Waals surface area contributed by atoms with Gasteiger partial charge in [-0.2, -0.15) is 0 Å². The van der Waals surface area contributed by atoms with Crippen molar-refractivity contribution in [3.63, 3.8) is 0 Å². The van der Waals surface area contributed by atoms with Gasteiger partial charge >= 0.3 is 0 Å². The Morgan fingerprint density at radius 2 is 2.37 bits per heavy atom. The monoisotopic (exact) mass is 258 g/mol. The van der Waals surface area contributed by atoms with Gasteiger partial charge in [-0.1, -0.05) is 6.07 Å². The van der Waals surface area contributed by atoms with Crippen LogP contribution in [0.25, 0.3) is 11.0 Å². The minimum Gasteiger partial charge on any atom is -0.334 e. The van der Waals surface area contributed by atoms with Crippen LogP contribution < -0.4 is 5.32 Å². The van der Waals surface area contributed by atoms with E-state index in [0.717, 1.165) is 18.0 Å². The van der Waals surface area contributed by atoms with Gasteiger partial charge < -0.3 is 14.8 Å². The number of hydrogen-bond acceptors (Lipinski definition) is 3. The van der Waals surface area contributed by atoms with E-state index in [1.165, 1.54) is 37.1 Å². The van der Waals surface area contributed by atoms with Crippen molar-refractivity contribution >= 4 is 11.0 Å². The van der Waals surface area contributed by atoms with Gasteiger partial charge in [0, 0.05) is 20.1 Å². The van der Waals surface area contributed by atoms with E-state index in [1.54, 1.807) is 0 Å². The third-order valence-electron chi connectivity index (χ3n) is 3.97. The number of rotatable bonds is 4. The maximum absolute atomic E-state index is 4.42. The number of fused-ring (bicyclic) bond motifs is 1. The lowest BCUT2D eigenvalue weighted by atomic mass is 10.1. The van der Waals surface area contributed by atoms with Crippen LogP contribution in [0.5, 0.6) is 0 Å². The van der Waals surface area contributed by atoms with Gasteiger partial charge in [0.1, 0.15) is 0 Å². The maximum atomic E-state index is 4.42. The van der Waals surface area contributed by atoms with Crippen molar-refractivity contribution in [1.29, 1.82) is 0 Å². The van der Waals surface area contributed by atoms with E-state index in [2.05, 4.69) is 45.0 Å². The average Bonchev–Trinajstić information content (AvgIpc) is 3.00. The highest BCUT2D eigenvalue weighted by atomic mass is 15.1. The first-order valence-electron chi connectivity index (χ1n) is 7.01. The van der Waals surface area contributed by atoms with E-state index < -0.39 is 0 Å². The molecule has 1 fully saturated rings. The van der Waals surface area contributed by atoms with Gasteiger partial charge in [0.05, 0.1) is 17.4 Å². The summed E-state index contributed by atoms with van der Waals surface area (Å²) in [5, 5.41) is 3.43. The Kier molecular flexibility index (Phi) is 3.53. The number of imidazole rings is 1. The molecule has 1 atom stereocenters. The predicted octanol–water partition coefficient (Wildman–Crippen LogP) is 1.61. The van der Waals surface area contributed by atoms with E-state index in [0.29, 0.717) is 0 Å². The van der Waals surface area contributed by atoms with Crippen LogP contribution in [0.3, 0.4) is 0 Å². The third-order valence-corrected chi connectivity index (χ3v) is 3.97. The second-order valence-corrected chi connectivity index (χ2v) is 5.73. The van der Waals surface area contributed by atoms with Crippen LogP contribution in [0.2, 0.25) is 0 Å². The topological polar surface area (TPSA) is 33.1 Å². The first-order chi connectivity index (χ1) is 9.22. The molecule has 0 amide bonds. The van der Waals surface area contributed by atoms with Gasteiger partial charge in [-0.05, 0) is 50.2 Å². The second-order valence-electron chi connectivity index (χ2n) is 5.73. The Bertz CT molecular complexity index is 554. The lowest BCUT2D eigenvalue weighted by Crippen LogP contribution is -2.26. The summed E-state index contributed by atoms with van der Waals surface area (Å²) in [4.78, 5) is 6.84. The number of benzene rings is 1. The highest BCUT2D eigenvalue weighted by Gasteiger charge is 2.16. The summed E-state index contributed by atoms with van der Waals surface area (Å²) >= 11 is 0. The van der Waals surface area contributed by atoms with Gasteiger partial charge in [-0.3, -0.25) is 0 Å². The van der Waals surface area contributed by atoms with Gasteiger partial charge in [0.15, 0.2) is 0 Å². The van der Waals surface area contributed by atoms with E-state index in [4.69, 9.17) is 0 Å². The molecule has 1 aliphatic heterocycles. The van der Waals surface area contributed by atoms with Gasteiger partial charge in [0.2, 0.25) is 0 Å². The van der Waals surface area contributed by atoms with Crippen molar-refractivity contribution in [1.82, 2.24) is 19.8 Å². The molecule has 1 N–H and O–H groups in total. The quantitative estimate of drug-likeness (QED) is 0.904. The zero-order valence-corrected chi connectivity index (χ0v) is 11.8. The number of nitrogens with zero attached hydrogens (tertiary/aromatic N) is 3. The van der Waals surface area contributed by atoms with E-state index in [9.17, 15) is 0 Å². The van der Waals surface area contributed by atoms with Crippen molar-refractivity contribution in [3.8, 4) is 0 Å². The highest BCUT2D eigenvalue weighted by Crippen LogP contribution is 2.16. The number of hydrogen-bond donors (Lipinski definition) is 1. The minimum absolute atomic E-state index is 0.809. The molecule has 1 unspecified atom stereocenters. The molecule has 1 aliphatic rings. The molecule has 2 aromatic rings. The zero-order chi connectivity index (χ0) is 13.2. The van der Waals surface area contributed by atoms with Gasteiger partial charge in [-0.15, -0.1) is 0 Å². The molecule has 4 nitrogen and oxygen atoms in total. The van der Waals surface area contributed by atoms with Crippen LogP contribution in [0.1, 0.15) is 12.0 Å². The van der Waals surface area contributed by atoms with Crippen LogP contribution in [0.4, 0.5) is 0 Å². The molecule has 19 heavy (non-hydrogen) atoms. The molecular weight excluding hydrogens is 236 g/mol. The van der Waals surface area contributed by atoms with Gasteiger partial charge in [-0.25, -0.2) is 4.98 Å². The second kappa shape index (κ2) is 5.31. The number of nitrogens with one attached hydrogen (secondary N) is 1. The fraction of sp³-hybridized carbons (Fsp3) is 0.533. The first-order valence-corrected chi connectivity index (χ1v) is 7.01. The van der Waals surface area contributed by atoms with Crippen molar-refractivity contribution in [2.75, 3.05) is 26.7 Å². The molecule has 0 radical (unpaired) electrons. The van der Waals surface area contributed by atoms with Crippen LogP contribution in [0, 0.1) is 5.92 Å². The molecular formula is C15H22N4. The number of aryl methyl sites for hydroxylation is 1. The van der Waals surface area contributed by atoms with E-state index in [1.807, 2.05) is 13.4 Å². The summed E-state index contributed by atoms with van der Waals surface area (Å²) in [6.07, 6.45) is 3.19. The molecule has 3 rings (SSSR count). The van der Waals surface area contributed by atoms with E-state index >= 15 is 0 Å². The fourth-order valence-corrected chi connectivity index (χ4v) is 2.97. The molecule has 0 saturated carbocycles.